The summed E-state index contributed by atoms with van der Waals surface area (Å²) in [5, 5.41) is 2.56. The molecule has 0 fully saturated rings. The lowest BCUT2D eigenvalue weighted by Gasteiger charge is -2.02. The van der Waals surface area contributed by atoms with E-state index in [2.05, 4.69) is 15.9 Å². The van der Waals surface area contributed by atoms with Crippen LogP contribution in [0.15, 0.2) is 18.2 Å². The van der Waals surface area contributed by atoms with Crippen LogP contribution in [0.3, 0.4) is 0 Å². The van der Waals surface area contributed by atoms with E-state index in [-0.39, 0.29) is 0 Å². The Morgan fingerprint density at radius 2 is 2.00 bits per heavy atom. The molecule has 0 saturated heterocycles. The number of rotatable bonds is 3. The highest BCUT2D eigenvalue weighted by Crippen LogP contribution is 2.21. The highest BCUT2D eigenvalue weighted by molar-refractivity contribution is 9.09. The molecule has 0 nitrogen and oxygen atoms in total. The highest BCUT2D eigenvalue weighted by atomic mass is 79.9. The number of hydrogen-bond acceptors (Lipinski definition) is 0. The summed E-state index contributed by atoms with van der Waals surface area (Å²) in [6, 6.07) is 5.57. The summed E-state index contributed by atoms with van der Waals surface area (Å²) < 4.78 is 0. The standard InChI is InChI=1S/C9H9BrCl2/c10-5-1-2-7-6-8(11)3-4-9(7)12/h3-4,6H,1-2,5H2. The normalized spacial score (nSPS) is 10.2. The number of aryl methyl sites for hydroxylation is 1. The first kappa shape index (κ1) is 10.4. The van der Waals surface area contributed by atoms with E-state index in [4.69, 9.17) is 23.2 Å². The topological polar surface area (TPSA) is 0 Å². The fourth-order valence-electron chi connectivity index (χ4n) is 0.992. The van der Waals surface area contributed by atoms with Crippen LogP contribution in [0.2, 0.25) is 10.0 Å². The van der Waals surface area contributed by atoms with Crippen molar-refractivity contribution in [1.82, 2.24) is 0 Å². The van der Waals surface area contributed by atoms with Gasteiger partial charge in [-0.1, -0.05) is 39.1 Å². The van der Waals surface area contributed by atoms with E-state index >= 15 is 0 Å². The van der Waals surface area contributed by atoms with Gasteiger partial charge >= 0.3 is 0 Å². The van der Waals surface area contributed by atoms with Gasteiger partial charge in [-0.2, -0.15) is 0 Å². The molecule has 0 atom stereocenters. The van der Waals surface area contributed by atoms with E-state index < -0.39 is 0 Å². The van der Waals surface area contributed by atoms with Crippen molar-refractivity contribution in [2.24, 2.45) is 0 Å². The lowest BCUT2D eigenvalue weighted by molar-refractivity contribution is 0.940. The lowest BCUT2D eigenvalue weighted by atomic mass is 10.1. The summed E-state index contributed by atoms with van der Waals surface area (Å²) >= 11 is 15.2. The van der Waals surface area contributed by atoms with Crippen molar-refractivity contribution in [3.05, 3.63) is 33.8 Å². The molecule has 12 heavy (non-hydrogen) atoms. The van der Waals surface area contributed by atoms with Crippen molar-refractivity contribution >= 4 is 39.1 Å². The second kappa shape index (κ2) is 5.11. The molecule has 0 aliphatic heterocycles. The number of alkyl halides is 1. The molecule has 0 amide bonds. The van der Waals surface area contributed by atoms with Crippen molar-refractivity contribution in [2.75, 3.05) is 5.33 Å². The molecule has 1 aromatic carbocycles. The van der Waals surface area contributed by atoms with Crippen LogP contribution in [0.25, 0.3) is 0 Å². The molecule has 1 aromatic rings. The number of halogens is 3. The average molecular weight is 268 g/mol. The Balaban J connectivity index is 2.75. The smallest absolute Gasteiger partial charge is 0.0439 e. The first-order chi connectivity index (χ1) is 5.74. The van der Waals surface area contributed by atoms with E-state index in [0.29, 0.717) is 0 Å². The molecule has 0 radical (unpaired) electrons. The van der Waals surface area contributed by atoms with Gasteiger partial charge in [0.25, 0.3) is 0 Å². The second-order valence-corrected chi connectivity index (χ2v) is 4.16. The Kier molecular flexibility index (Phi) is 4.41. The van der Waals surface area contributed by atoms with E-state index in [9.17, 15) is 0 Å². The van der Waals surface area contributed by atoms with Crippen molar-refractivity contribution in [1.29, 1.82) is 0 Å². The largest absolute Gasteiger partial charge is 0.0928 e. The Morgan fingerprint density at radius 3 is 2.67 bits per heavy atom. The van der Waals surface area contributed by atoms with Crippen LogP contribution in [-0.2, 0) is 6.42 Å². The maximum atomic E-state index is 5.96. The van der Waals surface area contributed by atoms with E-state index in [1.54, 1.807) is 0 Å². The number of hydrogen-bond donors (Lipinski definition) is 0. The van der Waals surface area contributed by atoms with Gasteiger partial charge in [0, 0.05) is 15.4 Å². The number of benzene rings is 1. The van der Waals surface area contributed by atoms with Crippen LogP contribution < -0.4 is 0 Å². The zero-order valence-electron chi connectivity index (χ0n) is 6.49. The fraction of sp³-hybridized carbons (Fsp3) is 0.333. The van der Waals surface area contributed by atoms with Crippen LogP contribution in [0.4, 0.5) is 0 Å². The zero-order chi connectivity index (χ0) is 8.97. The van der Waals surface area contributed by atoms with Gasteiger partial charge in [-0.15, -0.1) is 0 Å². The maximum Gasteiger partial charge on any atom is 0.0439 e. The van der Waals surface area contributed by atoms with E-state index in [1.165, 1.54) is 0 Å². The quantitative estimate of drug-likeness (QED) is 0.716. The van der Waals surface area contributed by atoms with Crippen LogP contribution in [0, 0.1) is 0 Å². The predicted octanol–water partition coefficient (Wildman–Crippen LogP) is 4.32. The molecule has 0 unspecified atom stereocenters. The minimum atomic E-state index is 0.754. The summed E-state index contributed by atoms with van der Waals surface area (Å²) in [5.41, 5.74) is 1.13. The molecule has 0 aromatic heterocycles. The van der Waals surface area contributed by atoms with Gasteiger partial charge in [-0.05, 0) is 36.6 Å². The van der Waals surface area contributed by atoms with Crippen LogP contribution in [0.5, 0.6) is 0 Å². The summed E-state index contributed by atoms with van der Waals surface area (Å²) in [7, 11) is 0. The Labute approximate surface area is 91.0 Å². The zero-order valence-corrected chi connectivity index (χ0v) is 9.59. The van der Waals surface area contributed by atoms with Gasteiger partial charge in [0.2, 0.25) is 0 Å². The molecule has 0 aliphatic carbocycles. The molecule has 66 valence electrons. The summed E-state index contributed by atoms with van der Waals surface area (Å²) in [4.78, 5) is 0. The molecule has 1 rings (SSSR count). The van der Waals surface area contributed by atoms with Crippen molar-refractivity contribution < 1.29 is 0 Å². The minimum absolute atomic E-state index is 0.754. The fourth-order valence-corrected chi connectivity index (χ4v) is 1.68. The first-order valence-corrected chi connectivity index (χ1v) is 5.61. The summed E-state index contributed by atoms with van der Waals surface area (Å²) in [6.45, 7) is 0. The van der Waals surface area contributed by atoms with Gasteiger partial charge in [-0.3, -0.25) is 0 Å². The van der Waals surface area contributed by atoms with Crippen molar-refractivity contribution in [2.45, 2.75) is 12.8 Å². The molecule has 0 heterocycles. The van der Waals surface area contributed by atoms with Crippen molar-refractivity contribution in [3.63, 3.8) is 0 Å². The molecular weight excluding hydrogens is 259 g/mol. The monoisotopic (exact) mass is 266 g/mol. The molecule has 0 spiro atoms. The third-order valence-electron chi connectivity index (χ3n) is 1.59. The van der Waals surface area contributed by atoms with Crippen LogP contribution in [0.1, 0.15) is 12.0 Å². The Morgan fingerprint density at radius 1 is 1.25 bits per heavy atom. The van der Waals surface area contributed by atoms with E-state index in [0.717, 1.165) is 33.8 Å². The van der Waals surface area contributed by atoms with Gasteiger partial charge in [0.15, 0.2) is 0 Å². The van der Waals surface area contributed by atoms with Gasteiger partial charge < -0.3 is 0 Å². The third-order valence-corrected chi connectivity index (χ3v) is 2.75. The lowest BCUT2D eigenvalue weighted by Crippen LogP contribution is -1.87. The average Bonchev–Trinajstić information content (AvgIpc) is 2.07. The Bertz CT molecular complexity index is 261. The summed E-state index contributed by atoms with van der Waals surface area (Å²) in [5.74, 6) is 0. The molecule has 0 bridgehead atoms. The molecule has 0 saturated carbocycles. The first-order valence-electron chi connectivity index (χ1n) is 3.74. The maximum absolute atomic E-state index is 5.96. The third kappa shape index (κ3) is 2.96. The predicted molar refractivity (Wildman–Crippen MR) is 58.6 cm³/mol. The Hall–Kier alpha value is 0.280. The molecule has 0 N–H and O–H groups in total. The SMILES string of the molecule is Clc1ccc(Cl)c(CCCBr)c1. The summed E-state index contributed by atoms with van der Waals surface area (Å²) in [6.07, 6.45) is 2.06. The van der Waals surface area contributed by atoms with Crippen LogP contribution >= 0.6 is 39.1 Å². The molecular formula is C9H9BrCl2. The van der Waals surface area contributed by atoms with Gasteiger partial charge in [-0.25, -0.2) is 0 Å². The van der Waals surface area contributed by atoms with Gasteiger partial charge in [0.1, 0.15) is 0 Å². The molecule has 3 heteroatoms. The minimum Gasteiger partial charge on any atom is -0.0928 e. The van der Waals surface area contributed by atoms with Crippen molar-refractivity contribution in [3.8, 4) is 0 Å². The molecule has 0 aliphatic rings. The van der Waals surface area contributed by atoms with Gasteiger partial charge in [0.05, 0.1) is 0 Å². The highest BCUT2D eigenvalue weighted by Gasteiger charge is 1.99. The second-order valence-electron chi connectivity index (χ2n) is 2.53. The van der Waals surface area contributed by atoms with Crippen LogP contribution in [-0.4, -0.2) is 5.33 Å². The van der Waals surface area contributed by atoms with E-state index in [1.807, 2.05) is 18.2 Å².